The Morgan fingerprint density at radius 3 is 2.54 bits per heavy atom. The predicted molar refractivity (Wildman–Crippen MR) is 106 cm³/mol. The zero-order chi connectivity index (χ0) is 18.6. The number of nitrogens with one attached hydrogen (secondary N) is 1. The van der Waals surface area contributed by atoms with Gasteiger partial charge in [-0.2, -0.15) is 0 Å². The van der Waals surface area contributed by atoms with E-state index in [-0.39, 0.29) is 17.7 Å². The maximum atomic E-state index is 12.3. The summed E-state index contributed by atoms with van der Waals surface area (Å²) in [5.74, 6) is 0.380. The molecule has 0 saturated carbocycles. The molecule has 0 bridgehead atoms. The summed E-state index contributed by atoms with van der Waals surface area (Å²) >= 11 is 1.57. The van der Waals surface area contributed by atoms with Crippen LogP contribution in [0.4, 0.5) is 5.13 Å². The van der Waals surface area contributed by atoms with Gasteiger partial charge in [-0.3, -0.25) is 0 Å². The number of sulfonamides is 1. The van der Waals surface area contributed by atoms with Crippen molar-refractivity contribution in [3.63, 3.8) is 0 Å². The second-order valence-electron chi connectivity index (χ2n) is 7.15. The Labute approximate surface area is 159 Å². The van der Waals surface area contributed by atoms with Crippen LogP contribution in [0, 0.1) is 5.92 Å². The minimum absolute atomic E-state index is 0.153. The number of benzene rings is 1. The molecule has 0 unspecified atom stereocenters. The van der Waals surface area contributed by atoms with Gasteiger partial charge in [0, 0.05) is 25.6 Å². The van der Waals surface area contributed by atoms with Crippen LogP contribution in [0.3, 0.4) is 0 Å². The van der Waals surface area contributed by atoms with E-state index in [0.29, 0.717) is 13.1 Å². The summed E-state index contributed by atoms with van der Waals surface area (Å²) in [7, 11) is -3.13. The Morgan fingerprint density at radius 1 is 1.19 bits per heavy atom. The van der Waals surface area contributed by atoms with Gasteiger partial charge in [0.1, 0.15) is 5.01 Å². The molecule has 1 aromatic carbocycles. The van der Waals surface area contributed by atoms with Crippen molar-refractivity contribution in [1.82, 2.24) is 14.5 Å². The van der Waals surface area contributed by atoms with E-state index in [1.165, 1.54) is 5.56 Å². The summed E-state index contributed by atoms with van der Waals surface area (Å²) in [5, 5.41) is 13.7. The Hall–Kier alpha value is -1.51. The third-order valence-electron chi connectivity index (χ3n) is 4.38. The molecule has 8 heteroatoms. The minimum Gasteiger partial charge on any atom is -0.357 e. The molecule has 2 aromatic rings. The van der Waals surface area contributed by atoms with Gasteiger partial charge in [-0.25, -0.2) is 12.7 Å². The molecule has 1 saturated heterocycles. The lowest BCUT2D eigenvalue weighted by Crippen LogP contribution is -2.43. The molecule has 3 rings (SSSR count). The van der Waals surface area contributed by atoms with Crippen LogP contribution in [0.1, 0.15) is 37.3 Å². The highest BCUT2D eigenvalue weighted by Gasteiger charge is 2.28. The molecular weight excluding hydrogens is 368 g/mol. The standard InChI is InChI=1S/C18H26N4O2S2/c1-14(2)13-26(23,24)22-10-8-16(9-11-22)19-18-21-20-17(25-18)12-15-6-4-3-5-7-15/h3-7,14,16H,8-13H2,1-2H3,(H,19,21). The van der Waals surface area contributed by atoms with Gasteiger partial charge in [-0.15, -0.1) is 10.2 Å². The van der Waals surface area contributed by atoms with Crippen LogP contribution < -0.4 is 5.32 Å². The van der Waals surface area contributed by atoms with Gasteiger partial charge in [0.25, 0.3) is 0 Å². The minimum atomic E-state index is -3.13. The summed E-state index contributed by atoms with van der Waals surface area (Å²) in [6.07, 6.45) is 2.38. The Kier molecular flexibility index (Phi) is 6.26. The third-order valence-corrected chi connectivity index (χ3v) is 7.48. The SMILES string of the molecule is CC(C)CS(=O)(=O)N1CCC(Nc2nnc(Cc3ccccc3)s2)CC1. The van der Waals surface area contributed by atoms with Crippen LogP contribution in [0.2, 0.25) is 0 Å². The number of nitrogens with zero attached hydrogens (tertiary/aromatic N) is 3. The highest BCUT2D eigenvalue weighted by molar-refractivity contribution is 7.89. The molecule has 6 nitrogen and oxygen atoms in total. The zero-order valence-corrected chi connectivity index (χ0v) is 16.9. The smallest absolute Gasteiger partial charge is 0.214 e. The van der Waals surface area contributed by atoms with Gasteiger partial charge in [0.15, 0.2) is 0 Å². The van der Waals surface area contributed by atoms with Crippen molar-refractivity contribution in [1.29, 1.82) is 0 Å². The first kappa shape index (κ1) is 19.3. The molecule has 1 aliphatic heterocycles. The molecule has 1 fully saturated rings. The molecule has 0 atom stereocenters. The average Bonchev–Trinajstić information content (AvgIpc) is 3.02. The molecule has 0 radical (unpaired) electrons. The summed E-state index contributed by atoms with van der Waals surface area (Å²) in [5.41, 5.74) is 1.22. The molecule has 142 valence electrons. The number of piperidine rings is 1. The molecule has 0 aliphatic carbocycles. The molecule has 1 N–H and O–H groups in total. The molecule has 26 heavy (non-hydrogen) atoms. The van der Waals surface area contributed by atoms with Crippen LogP contribution in [-0.2, 0) is 16.4 Å². The summed E-state index contributed by atoms with van der Waals surface area (Å²) < 4.78 is 26.3. The third kappa shape index (κ3) is 5.25. The van der Waals surface area contributed by atoms with Gasteiger partial charge in [-0.1, -0.05) is 55.5 Å². The van der Waals surface area contributed by atoms with Crippen molar-refractivity contribution < 1.29 is 8.42 Å². The fourth-order valence-corrected chi connectivity index (χ4v) is 5.80. The molecule has 1 aromatic heterocycles. The highest BCUT2D eigenvalue weighted by Crippen LogP contribution is 2.23. The maximum Gasteiger partial charge on any atom is 0.214 e. The number of hydrogen-bond donors (Lipinski definition) is 1. The lowest BCUT2D eigenvalue weighted by atomic mass is 10.1. The fourth-order valence-electron chi connectivity index (χ4n) is 3.13. The Morgan fingerprint density at radius 2 is 1.88 bits per heavy atom. The maximum absolute atomic E-state index is 12.3. The van der Waals surface area contributed by atoms with Crippen molar-refractivity contribution in [3.8, 4) is 0 Å². The predicted octanol–water partition coefficient (Wildman–Crippen LogP) is 2.99. The van der Waals surface area contributed by atoms with Gasteiger partial charge in [-0.05, 0) is 24.3 Å². The molecule has 0 amide bonds. The van der Waals surface area contributed by atoms with Gasteiger partial charge in [0.2, 0.25) is 15.2 Å². The van der Waals surface area contributed by atoms with Crippen molar-refractivity contribution >= 4 is 26.5 Å². The monoisotopic (exact) mass is 394 g/mol. The van der Waals surface area contributed by atoms with E-state index in [2.05, 4.69) is 27.6 Å². The second kappa shape index (κ2) is 8.45. The Balaban J connectivity index is 1.51. The quantitative estimate of drug-likeness (QED) is 0.781. The second-order valence-corrected chi connectivity index (χ2v) is 10.2. The van der Waals surface area contributed by atoms with Crippen LogP contribution >= 0.6 is 11.3 Å². The van der Waals surface area contributed by atoms with Crippen LogP contribution in [0.15, 0.2) is 30.3 Å². The topological polar surface area (TPSA) is 75.2 Å². The van der Waals surface area contributed by atoms with Gasteiger partial charge in [0.05, 0.1) is 5.75 Å². The van der Waals surface area contributed by atoms with Crippen LogP contribution in [0.25, 0.3) is 0 Å². The van der Waals surface area contributed by atoms with Crippen molar-refractivity contribution in [2.75, 3.05) is 24.2 Å². The molecule has 2 heterocycles. The molecular formula is C18H26N4O2S2. The normalized spacial score (nSPS) is 16.9. The number of aromatic nitrogens is 2. The van der Waals surface area contributed by atoms with E-state index in [4.69, 9.17) is 0 Å². The highest BCUT2D eigenvalue weighted by atomic mass is 32.2. The van der Waals surface area contributed by atoms with E-state index >= 15 is 0 Å². The first-order valence-corrected chi connectivity index (χ1v) is 11.5. The number of hydrogen-bond acceptors (Lipinski definition) is 6. The van der Waals surface area contributed by atoms with Crippen LogP contribution in [-0.4, -0.2) is 47.8 Å². The summed E-state index contributed by atoms with van der Waals surface area (Å²) in [4.78, 5) is 0. The number of anilines is 1. The lowest BCUT2D eigenvalue weighted by Gasteiger charge is -2.31. The van der Waals surface area contributed by atoms with E-state index in [0.717, 1.165) is 29.4 Å². The number of rotatable bonds is 7. The van der Waals surface area contributed by atoms with Crippen molar-refractivity contribution in [3.05, 3.63) is 40.9 Å². The Bertz CT molecular complexity index is 798. The van der Waals surface area contributed by atoms with Gasteiger partial charge < -0.3 is 5.32 Å². The molecule has 0 spiro atoms. The first-order valence-electron chi connectivity index (χ1n) is 9.03. The van der Waals surface area contributed by atoms with Crippen molar-refractivity contribution in [2.45, 2.75) is 39.2 Å². The van der Waals surface area contributed by atoms with E-state index < -0.39 is 10.0 Å². The van der Waals surface area contributed by atoms with Crippen LogP contribution in [0.5, 0.6) is 0 Å². The van der Waals surface area contributed by atoms with Gasteiger partial charge >= 0.3 is 0 Å². The summed E-state index contributed by atoms with van der Waals surface area (Å²) in [6, 6.07) is 10.5. The van der Waals surface area contributed by atoms with E-state index in [1.54, 1.807) is 15.6 Å². The molecule has 1 aliphatic rings. The fraction of sp³-hybridized carbons (Fsp3) is 0.556. The van der Waals surface area contributed by atoms with Crippen molar-refractivity contribution in [2.24, 2.45) is 5.92 Å². The zero-order valence-electron chi connectivity index (χ0n) is 15.3. The van der Waals surface area contributed by atoms with E-state index in [1.807, 2.05) is 32.0 Å². The first-order chi connectivity index (χ1) is 12.4. The largest absolute Gasteiger partial charge is 0.357 e. The lowest BCUT2D eigenvalue weighted by molar-refractivity contribution is 0.328. The average molecular weight is 395 g/mol. The van der Waals surface area contributed by atoms with E-state index in [9.17, 15) is 8.42 Å². The summed E-state index contributed by atoms with van der Waals surface area (Å²) in [6.45, 7) is 5.02.